The van der Waals surface area contributed by atoms with Crippen LogP contribution in [0.5, 0.6) is 0 Å². The lowest BCUT2D eigenvalue weighted by Gasteiger charge is -2.34. The zero-order valence-electron chi connectivity index (χ0n) is 13.9. The zero-order chi connectivity index (χ0) is 17.2. The fourth-order valence-electron chi connectivity index (χ4n) is 2.99. The van der Waals surface area contributed by atoms with Gasteiger partial charge in [0.2, 0.25) is 11.9 Å². The molecule has 2 heterocycles. The van der Waals surface area contributed by atoms with E-state index in [1.807, 2.05) is 4.90 Å². The van der Waals surface area contributed by atoms with Crippen LogP contribution in [-0.2, 0) is 4.79 Å². The first-order chi connectivity index (χ1) is 12.2. The maximum Gasteiger partial charge on any atom is 0.227 e. The first-order valence-electron chi connectivity index (χ1n) is 8.59. The number of carbonyl (C=O) groups is 1. The predicted molar refractivity (Wildman–Crippen MR) is 93.2 cm³/mol. The van der Waals surface area contributed by atoms with Gasteiger partial charge in [0.15, 0.2) is 0 Å². The molecule has 2 aliphatic rings. The number of aromatic nitrogens is 2. The van der Waals surface area contributed by atoms with Crippen LogP contribution in [0, 0.1) is 11.7 Å². The van der Waals surface area contributed by atoms with Gasteiger partial charge >= 0.3 is 0 Å². The summed E-state index contributed by atoms with van der Waals surface area (Å²) in [5, 5.41) is 2.98. The van der Waals surface area contributed by atoms with Gasteiger partial charge in [-0.3, -0.25) is 4.79 Å². The molecule has 1 saturated carbocycles. The van der Waals surface area contributed by atoms with Gasteiger partial charge in [-0.05, 0) is 31.0 Å². The zero-order valence-corrected chi connectivity index (χ0v) is 13.9. The number of halogens is 1. The van der Waals surface area contributed by atoms with E-state index in [-0.39, 0.29) is 17.6 Å². The molecule has 0 spiro atoms. The highest BCUT2D eigenvalue weighted by Gasteiger charge is 2.34. The van der Waals surface area contributed by atoms with Crippen LogP contribution in [0.1, 0.15) is 12.8 Å². The summed E-state index contributed by atoms with van der Waals surface area (Å²) in [7, 11) is 0. The molecular weight excluding hydrogens is 321 g/mol. The number of carbonyl (C=O) groups excluding carboxylic acids is 1. The van der Waals surface area contributed by atoms with Gasteiger partial charge in [0.1, 0.15) is 11.6 Å². The van der Waals surface area contributed by atoms with Gasteiger partial charge in [-0.15, -0.1) is 0 Å². The minimum absolute atomic E-state index is 0.260. The van der Waals surface area contributed by atoms with Crippen LogP contribution in [-0.4, -0.2) is 47.0 Å². The summed E-state index contributed by atoms with van der Waals surface area (Å²) in [6, 6.07) is 8.20. The number of hydrogen-bond donors (Lipinski definition) is 1. The van der Waals surface area contributed by atoms with Gasteiger partial charge in [0, 0.05) is 38.3 Å². The molecule has 6 nitrogen and oxygen atoms in total. The van der Waals surface area contributed by atoms with Crippen molar-refractivity contribution in [2.24, 2.45) is 5.92 Å². The molecule has 130 valence electrons. The minimum atomic E-state index is -0.324. The number of hydrogen-bond acceptors (Lipinski definition) is 5. The van der Waals surface area contributed by atoms with E-state index in [0.717, 1.165) is 12.8 Å². The van der Waals surface area contributed by atoms with Gasteiger partial charge in [0.05, 0.1) is 5.69 Å². The summed E-state index contributed by atoms with van der Waals surface area (Å²) in [4.78, 5) is 24.9. The van der Waals surface area contributed by atoms with Gasteiger partial charge in [0.25, 0.3) is 0 Å². The minimum Gasteiger partial charge on any atom is -0.339 e. The molecule has 2 fully saturated rings. The summed E-state index contributed by atoms with van der Waals surface area (Å²) in [6.45, 7) is 2.82. The molecule has 0 unspecified atom stereocenters. The van der Waals surface area contributed by atoms with Crippen LogP contribution in [0.3, 0.4) is 0 Å². The lowest BCUT2D eigenvalue weighted by Crippen LogP contribution is -2.49. The summed E-state index contributed by atoms with van der Waals surface area (Å²) >= 11 is 0. The van der Waals surface area contributed by atoms with Gasteiger partial charge < -0.3 is 15.1 Å². The Morgan fingerprint density at radius 3 is 2.60 bits per heavy atom. The molecule has 1 N–H and O–H groups in total. The molecular formula is C18H20FN5O. The highest BCUT2D eigenvalue weighted by molar-refractivity contribution is 5.81. The van der Waals surface area contributed by atoms with E-state index in [2.05, 4.69) is 20.2 Å². The average Bonchev–Trinajstić information content (AvgIpc) is 3.49. The predicted octanol–water partition coefficient (Wildman–Crippen LogP) is 2.42. The number of rotatable bonds is 4. The van der Waals surface area contributed by atoms with Crippen molar-refractivity contribution >= 4 is 23.4 Å². The lowest BCUT2D eigenvalue weighted by molar-refractivity contribution is -0.132. The van der Waals surface area contributed by atoms with Crippen LogP contribution >= 0.6 is 0 Å². The maximum atomic E-state index is 13.8. The molecule has 1 aliphatic carbocycles. The Labute approximate surface area is 145 Å². The number of piperazine rings is 1. The third kappa shape index (κ3) is 3.55. The summed E-state index contributed by atoms with van der Waals surface area (Å²) in [5.74, 6) is 1.37. The highest BCUT2D eigenvalue weighted by atomic mass is 19.1. The topological polar surface area (TPSA) is 61.4 Å². The molecule has 1 aromatic heterocycles. The van der Waals surface area contributed by atoms with Gasteiger partial charge in [-0.25, -0.2) is 9.37 Å². The first kappa shape index (κ1) is 15.8. The van der Waals surface area contributed by atoms with Crippen LogP contribution in [0.25, 0.3) is 0 Å². The molecule has 0 radical (unpaired) electrons. The van der Waals surface area contributed by atoms with E-state index in [0.29, 0.717) is 43.6 Å². The van der Waals surface area contributed by atoms with Crippen molar-refractivity contribution in [2.75, 3.05) is 36.4 Å². The fraction of sp³-hybridized carbons (Fsp3) is 0.389. The average molecular weight is 341 g/mol. The Balaban J connectivity index is 1.41. The lowest BCUT2D eigenvalue weighted by atomic mass is 10.2. The summed E-state index contributed by atoms with van der Waals surface area (Å²) in [5.41, 5.74) is 0.381. The second-order valence-corrected chi connectivity index (χ2v) is 6.43. The standard InChI is InChI=1S/C18H20FN5O/c19-14-3-1-2-4-15(14)21-16-7-8-20-18(22-16)24-11-9-23(10-12-24)17(25)13-5-6-13/h1-4,7-8,13H,5-6,9-12H2,(H,20,21,22). The summed E-state index contributed by atoms with van der Waals surface area (Å²) < 4.78 is 13.8. The number of anilines is 3. The fourth-order valence-corrected chi connectivity index (χ4v) is 2.99. The first-order valence-corrected chi connectivity index (χ1v) is 8.59. The van der Waals surface area contributed by atoms with Gasteiger partial charge in [-0.1, -0.05) is 12.1 Å². The van der Waals surface area contributed by atoms with Crippen LogP contribution in [0.4, 0.5) is 21.8 Å². The van der Waals surface area contributed by atoms with Gasteiger partial charge in [-0.2, -0.15) is 4.98 Å². The molecule has 1 saturated heterocycles. The van der Waals surface area contributed by atoms with Crippen molar-refractivity contribution in [3.05, 3.63) is 42.3 Å². The third-order valence-corrected chi connectivity index (χ3v) is 4.58. The normalized spacial score (nSPS) is 17.5. The Bertz CT molecular complexity index is 772. The monoisotopic (exact) mass is 341 g/mol. The van der Waals surface area contributed by atoms with Crippen molar-refractivity contribution < 1.29 is 9.18 Å². The number of nitrogens with zero attached hydrogens (tertiary/aromatic N) is 4. The van der Waals surface area contributed by atoms with Crippen molar-refractivity contribution in [1.29, 1.82) is 0 Å². The number of para-hydroxylation sites is 1. The molecule has 2 aromatic rings. The van der Waals surface area contributed by atoms with E-state index >= 15 is 0 Å². The Kier molecular flexibility index (Phi) is 4.21. The molecule has 0 atom stereocenters. The van der Waals surface area contributed by atoms with E-state index in [9.17, 15) is 9.18 Å². The molecule has 1 amide bonds. The van der Waals surface area contributed by atoms with Crippen LogP contribution < -0.4 is 10.2 Å². The van der Waals surface area contributed by atoms with Crippen molar-refractivity contribution in [3.8, 4) is 0 Å². The van der Waals surface area contributed by atoms with Crippen molar-refractivity contribution in [2.45, 2.75) is 12.8 Å². The smallest absolute Gasteiger partial charge is 0.227 e. The van der Waals surface area contributed by atoms with E-state index < -0.39 is 0 Å². The largest absolute Gasteiger partial charge is 0.339 e. The van der Waals surface area contributed by atoms with Crippen LogP contribution in [0.15, 0.2) is 36.5 Å². The van der Waals surface area contributed by atoms with E-state index in [1.54, 1.807) is 30.5 Å². The molecule has 4 rings (SSSR count). The SMILES string of the molecule is O=C(C1CC1)N1CCN(c2nccc(Nc3ccccc3F)n2)CC1. The number of nitrogens with one attached hydrogen (secondary N) is 1. The third-order valence-electron chi connectivity index (χ3n) is 4.58. The molecule has 0 bridgehead atoms. The van der Waals surface area contributed by atoms with Crippen molar-refractivity contribution in [3.63, 3.8) is 0 Å². The molecule has 7 heteroatoms. The highest BCUT2D eigenvalue weighted by Crippen LogP contribution is 2.31. The van der Waals surface area contributed by atoms with Crippen molar-refractivity contribution in [1.82, 2.24) is 14.9 Å². The Morgan fingerprint density at radius 2 is 1.88 bits per heavy atom. The Morgan fingerprint density at radius 1 is 1.12 bits per heavy atom. The quantitative estimate of drug-likeness (QED) is 0.925. The second-order valence-electron chi connectivity index (χ2n) is 6.43. The van der Waals surface area contributed by atoms with E-state index in [1.165, 1.54) is 6.07 Å². The summed E-state index contributed by atoms with van der Waals surface area (Å²) in [6.07, 6.45) is 3.73. The van der Waals surface area contributed by atoms with Crippen LogP contribution in [0.2, 0.25) is 0 Å². The number of benzene rings is 1. The number of amides is 1. The maximum absolute atomic E-state index is 13.8. The molecule has 1 aromatic carbocycles. The Hall–Kier alpha value is -2.70. The molecule has 25 heavy (non-hydrogen) atoms. The molecule has 1 aliphatic heterocycles. The van der Waals surface area contributed by atoms with E-state index in [4.69, 9.17) is 0 Å². The second kappa shape index (κ2) is 6.66.